The van der Waals surface area contributed by atoms with Crippen molar-refractivity contribution in [2.45, 2.75) is 57.0 Å². The number of aliphatic carboxylic acids is 1. The molecule has 8 rings (SSSR count). The number of carbonyl (C=O) groups is 2. The number of carboxylic acid groups (broad SMARTS) is 1. The van der Waals surface area contributed by atoms with E-state index in [-0.39, 0.29) is 5.95 Å². The van der Waals surface area contributed by atoms with Crippen molar-refractivity contribution in [1.29, 1.82) is 0 Å². The van der Waals surface area contributed by atoms with Crippen LogP contribution in [0, 0.1) is 0 Å². The fourth-order valence-corrected chi connectivity index (χ4v) is 5.97. The van der Waals surface area contributed by atoms with Crippen molar-refractivity contribution < 1.29 is 27.9 Å². The Morgan fingerprint density at radius 1 is 1.04 bits per heavy atom. The van der Waals surface area contributed by atoms with E-state index in [4.69, 9.17) is 20.6 Å². The van der Waals surface area contributed by atoms with Gasteiger partial charge in [-0.25, -0.2) is 9.78 Å². The summed E-state index contributed by atoms with van der Waals surface area (Å²) in [5.74, 6) is -0.728. The lowest BCUT2D eigenvalue weighted by atomic mass is 9.84. The van der Waals surface area contributed by atoms with Gasteiger partial charge in [-0.2, -0.15) is 22.8 Å². The molecule has 2 bridgehead atoms. The van der Waals surface area contributed by atoms with Crippen LogP contribution in [0.5, 0.6) is 0 Å². The average molecular weight is 622 g/mol. The summed E-state index contributed by atoms with van der Waals surface area (Å²) < 4.78 is 33.3. The van der Waals surface area contributed by atoms with Crippen molar-refractivity contribution in [2.24, 2.45) is 0 Å². The summed E-state index contributed by atoms with van der Waals surface area (Å²) in [5.41, 5.74) is 13.8. The normalized spacial score (nSPS) is 16.2. The minimum atomic E-state index is -5.08. The molecule has 1 fully saturated rings. The molecule has 234 valence electrons. The molecule has 0 radical (unpaired) electrons. The van der Waals surface area contributed by atoms with Crippen molar-refractivity contribution in [3.63, 3.8) is 0 Å². The highest BCUT2D eigenvalue weighted by Gasteiger charge is 2.38. The standard InChI is InChI=1S/C28H29N9O.C2HF3O2/c29-27-34-28(32-20-14-19-4-5-21(38)2-1-3-23(19)31-16-20)35-37(27)24-15-22(17-6-10-30-11-7-17)26-25(33-24)18-8-12-36(26)13-9-18;3-2(4,5)1(6)7/h6-7,10-11,14-16,18H,1-5,8-9,12-13H2,(H3,29,32,34,35);(H,6,7). The fourth-order valence-electron chi connectivity index (χ4n) is 5.97. The Kier molecular flexibility index (Phi) is 8.08. The zero-order valence-electron chi connectivity index (χ0n) is 24.1. The number of halogens is 3. The minimum absolute atomic E-state index is 0.256. The summed E-state index contributed by atoms with van der Waals surface area (Å²) >= 11 is 0. The number of alkyl halides is 3. The zero-order chi connectivity index (χ0) is 31.7. The summed E-state index contributed by atoms with van der Waals surface area (Å²) in [7, 11) is 0. The van der Waals surface area contributed by atoms with Crippen molar-refractivity contribution in [3.05, 3.63) is 59.8 Å². The Labute approximate surface area is 255 Å². The second-order valence-electron chi connectivity index (χ2n) is 11.1. The van der Waals surface area contributed by atoms with E-state index < -0.39 is 12.1 Å². The second-order valence-corrected chi connectivity index (χ2v) is 11.1. The van der Waals surface area contributed by atoms with Crippen LogP contribution in [0.15, 0.2) is 42.9 Å². The molecule has 0 saturated carbocycles. The Hall–Kier alpha value is -5.08. The van der Waals surface area contributed by atoms with Crippen LogP contribution in [0.1, 0.15) is 55.0 Å². The van der Waals surface area contributed by atoms with Crippen LogP contribution in [-0.2, 0) is 22.4 Å². The molecule has 45 heavy (non-hydrogen) atoms. The van der Waals surface area contributed by atoms with Crippen LogP contribution in [0.2, 0.25) is 0 Å². The number of nitrogens with two attached hydrogens (primary N) is 1. The van der Waals surface area contributed by atoms with Gasteiger partial charge in [0.15, 0.2) is 5.82 Å². The fraction of sp³-hybridized carbons (Fsp3) is 0.367. The van der Waals surface area contributed by atoms with E-state index in [9.17, 15) is 18.0 Å². The lowest BCUT2D eigenvalue weighted by Crippen LogP contribution is -2.40. The first-order valence-corrected chi connectivity index (χ1v) is 14.6. The van der Waals surface area contributed by atoms with Gasteiger partial charge in [0.25, 0.3) is 0 Å². The number of hydrogen-bond donors (Lipinski definition) is 3. The van der Waals surface area contributed by atoms with E-state index >= 15 is 0 Å². The van der Waals surface area contributed by atoms with Gasteiger partial charge in [0.05, 0.1) is 23.3 Å². The number of carboxylic acids is 1. The van der Waals surface area contributed by atoms with E-state index in [1.165, 1.54) is 5.69 Å². The predicted molar refractivity (Wildman–Crippen MR) is 158 cm³/mol. The maximum absolute atomic E-state index is 12.0. The second kappa shape index (κ2) is 12.1. The molecular formula is C30H30F3N9O3. The maximum Gasteiger partial charge on any atom is 0.490 e. The molecule has 4 aromatic heterocycles. The number of ketones is 1. The predicted octanol–water partition coefficient (Wildman–Crippen LogP) is 4.61. The highest BCUT2D eigenvalue weighted by molar-refractivity contribution is 5.83. The molecule has 7 heterocycles. The van der Waals surface area contributed by atoms with Crippen LogP contribution < -0.4 is 16.0 Å². The molecule has 3 aliphatic heterocycles. The Morgan fingerprint density at radius 2 is 1.78 bits per heavy atom. The molecule has 4 aliphatic rings. The molecule has 0 spiro atoms. The Morgan fingerprint density at radius 3 is 2.49 bits per heavy atom. The monoisotopic (exact) mass is 621 g/mol. The van der Waals surface area contributed by atoms with E-state index in [0.717, 1.165) is 72.5 Å². The van der Waals surface area contributed by atoms with E-state index in [1.54, 1.807) is 10.9 Å². The third kappa shape index (κ3) is 6.42. The lowest BCUT2D eigenvalue weighted by molar-refractivity contribution is -0.192. The summed E-state index contributed by atoms with van der Waals surface area (Å²) in [6.45, 7) is 2.11. The first-order valence-electron chi connectivity index (χ1n) is 14.6. The highest BCUT2D eigenvalue weighted by Crippen LogP contribution is 2.46. The number of rotatable bonds is 4. The topological polar surface area (TPSA) is 165 Å². The Bertz CT molecular complexity index is 1740. The summed E-state index contributed by atoms with van der Waals surface area (Å²) in [4.78, 5) is 41.7. The van der Waals surface area contributed by atoms with Crippen molar-refractivity contribution in [2.75, 3.05) is 29.0 Å². The van der Waals surface area contributed by atoms with Gasteiger partial charge in [-0.1, -0.05) is 0 Å². The van der Waals surface area contributed by atoms with Gasteiger partial charge in [0, 0.05) is 55.5 Å². The SMILES string of the molecule is Nc1nc(Nc2cnc3c(c2)CCC(=O)CCC3)nn1-c1cc(-c2ccncc2)c2c(n1)C1CCN2CC1.O=C(O)C(F)(F)F. The third-order valence-corrected chi connectivity index (χ3v) is 8.15. The number of anilines is 4. The molecule has 1 aliphatic carbocycles. The number of hydrogen-bond acceptors (Lipinski definition) is 10. The number of fused-ring (bicyclic) bond motifs is 3. The van der Waals surface area contributed by atoms with Crippen molar-refractivity contribution >= 4 is 35.0 Å². The Balaban J connectivity index is 0.000000460. The van der Waals surface area contributed by atoms with E-state index in [0.29, 0.717) is 42.7 Å². The number of pyridine rings is 3. The van der Waals surface area contributed by atoms with Crippen molar-refractivity contribution in [1.82, 2.24) is 29.7 Å². The van der Waals surface area contributed by atoms with Gasteiger partial charge in [-0.3, -0.25) is 14.8 Å². The van der Waals surface area contributed by atoms with Gasteiger partial charge in [-0.15, -0.1) is 5.10 Å². The lowest BCUT2D eigenvalue weighted by Gasteiger charge is -2.42. The van der Waals surface area contributed by atoms with Crippen LogP contribution in [0.4, 0.5) is 36.4 Å². The number of aromatic nitrogens is 6. The minimum Gasteiger partial charge on any atom is -0.475 e. The van der Waals surface area contributed by atoms with Gasteiger partial charge < -0.3 is 21.1 Å². The first kappa shape index (κ1) is 30.0. The van der Waals surface area contributed by atoms with Crippen LogP contribution in [0.3, 0.4) is 0 Å². The van der Waals surface area contributed by atoms with Crippen LogP contribution in [-0.4, -0.2) is 65.8 Å². The van der Waals surface area contributed by atoms with Crippen LogP contribution in [0.25, 0.3) is 16.9 Å². The number of carbonyl (C=O) groups excluding carboxylic acids is 1. The largest absolute Gasteiger partial charge is 0.490 e. The number of piperidine rings is 1. The van der Waals surface area contributed by atoms with E-state index in [1.807, 2.05) is 36.7 Å². The van der Waals surface area contributed by atoms with Gasteiger partial charge in [-0.05, 0) is 67.5 Å². The summed E-state index contributed by atoms with van der Waals surface area (Å²) in [6, 6.07) is 8.15. The average Bonchev–Trinajstić information content (AvgIpc) is 3.39. The molecular weight excluding hydrogens is 591 g/mol. The third-order valence-electron chi connectivity index (χ3n) is 8.15. The number of nitrogen functional groups attached to an aromatic ring is 1. The quantitative estimate of drug-likeness (QED) is 0.291. The zero-order valence-corrected chi connectivity index (χ0v) is 24.1. The molecule has 4 N–H and O–H groups in total. The van der Waals surface area contributed by atoms with Gasteiger partial charge in [0.1, 0.15) is 5.78 Å². The summed E-state index contributed by atoms with van der Waals surface area (Å²) in [6.07, 6.45) is 6.13. The number of Topliss-reactive ketones (excluding diaryl/α,β-unsaturated/α-hetero) is 1. The van der Waals surface area contributed by atoms with Crippen LogP contribution >= 0.6 is 0 Å². The number of aryl methyl sites for hydroxylation is 2. The molecule has 1 saturated heterocycles. The molecule has 15 heteroatoms. The van der Waals surface area contributed by atoms with Gasteiger partial charge >= 0.3 is 12.1 Å². The number of nitrogens with zero attached hydrogens (tertiary/aromatic N) is 7. The van der Waals surface area contributed by atoms with Crippen molar-refractivity contribution in [3.8, 4) is 16.9 Å². The van der Waals surface area contributed by atoms with E-state index in [2.05, 4.69) is 30.3 Å². The molecule has 0 amide bonds. The molecule has 0 aromatic carbocycles. The highest BCUT2D eigenvalue weighted by atomic mass is 19.4. The number of nitrogens with one attached hydrogen (secondary N) is 1. The molecule has 0 unspecified atom stereocenters. The molecule has 0 atom stereocenters. The summed E-state index contributed by atoms with van der Waals surface area (Å²) in [5, 5.41) is 15.1. The smallest absolute Gasteiger partial charge is 0.475 e. The molecule has 12 nitrogen and oxygen atoms in total. The maximum atomic E-state index is 12.0. The first-order chi connectivity index (χ1) is 21.6. The van der Waals surface area contributed by atoms with Gasteiger partial charge in [0.2, 0.25) is 11.9 Å². The molecule has 4 aromatic rings.